The molecule has 1 aliphatic rings. The molecule has 1 heterocycles. The van der Waals surface area contributed by atoms with Crippen LogP contribution in [0.15, 0.2) is 29.2 Å². The van der Waals surface area contributed by atoms with Crippen LogP contribution in [0.5, 0.6) is 0 Å². The molecule has 1 atom stereocenters. The minimum Gasteiger partial charge on any atom is -0.450 e. The number of piperazine rings is 1. The van der Waals surface area contributed by atoms with Crippen LogP contribution in [0.3, 0.4) is 0 Å². The number of amides is 2. The van der Waals surface area contributed by atoms with Crippen LogP contribution in [0.1, 0.15) is 19.4 Å². The summed E-state index contributed by atoms with van der Waals surface area (Å²) in [7, 11) is -4.59. The third-order valence-electron chi connectivity index (χ3n) is 4.30. The van der Waals surface area contributed by atoms with Crippen LogP contribution < -0.4 is 4.72 Å². The molecule has 0 aliphatic carbocycles. The van der Waals surface area contributed by atoms with Crippen molar-refractivity contribution in [2.45, 2.75) is 31.0 Å². The average Bonchev–Trinajstić information content (AvgIpc) is 2.66. The van der Waals surface area contributed by atoms with Gasteiger partial charge in [0.05, 0.1) is 23.1 Å². The Morgan fingerprint density at radius 3 is 2.24 bits per heavy atom. The highest BCUT2D eigenvalue weighted by Crippen LogP contribution is 2.33. The van der Waals surface area contributed by atoms with E-state index < -0.39 is 44.7 Å². The molecule has 0 aromatic heterocycles. The number of nitrogens with zero attached hydrogens (tertiary/aromatic N) is 2. The van der Waals surface area contributed by atoms with Crippen molar-refractivity contribution in [2.75, 3.05) is 32.8 Å². The molecule has 12 heteroatoms. The van der Waals surface area contributed by atoms with Gasteiger partial charge in [-0.05, 0) is 26.0 Å². The Kier molecular flexibility index (Phi) is 7.11. The molecule has 2 amide bonds. The number of hydrogen-bond donors (Lipinski definition) is 1. The number of carbonyl (C=O) groups is 2. The van der Waals surface area contributed by atoms with Gasteiger partial charge >= 0.3 is 12.3 Å². The number of rotatable bonds is 5. The van der Waals surface area contributed by atoms with Crippen LogP contribution in [0.25, 0.3) is 0 Å². The fourth-order valence-corrected chi connectivity index (χ4v) is 4.30. The Morgan fingerprint density at radius 2 is 1.69 bits per heavy atom. The standard InChI is InChI=1S/C17H22F3N3O5S/c1-3-28-16(25)23-10-8-22(9-11-23)15(24)12(2)21-29(26,27)14-7-5-4-6-13(14)17(18,19)20/h4-7,12,21H,3,8-11H2,1-2H3. The van der Waals surface area contributed by atoms with Gasteiger partial charge in [0.2, 0.25) is 15.9 Å². The van der Waals surface area contributed by atoms with Gasteiger partial charge in [-0.15, -0.1) is 0 Å². The van der Waals surface area contributed by atoms with E-state index >= 15 is 0 Å². The largest absolute Gasteiger partial charge is 0.450 e. The Bertz CT molecular complexity index is 852. The molecular formula is C17H22F3N3O5S. The van der Waals surface area contributed by atoms with Gasteiger partial charge < -0.3 is 14.5 Å². The summed E-state index contributed by atoms with van der Waals surface area (Å²) in [5.74, 6) is -0.596. The van der Waals surface area contributed by atoms with Gasteiger partial charge in [-0.25, -0.2) is 13.2 Å². The molecule has 1 aromatic carbocycles. The van der Waals surface area contributed by atoms with Crippen molar-refractivity contribution < 1.29 is 35.9 Å². The molecule has 1 aromatic rings. The summed E-state index contributed by atoms with van der Waals surface area (Å²) in [6.07, 6.45) is -5.36. The van der Waals surface area contributed by atoms with Crippen LogP contribution in [0.4, 0.5) is 18.0 Å². The monoisotopic (exact) mass is 437 g/mol. The Balaban J connectivity index is 2.06. The summed E-state index contributed by atoms with van der Waals surface area (Å²) in [5.41, 5.74) is -1.31. The van der Waals surface area contributed by atoms with E-state index in [1.165, 1.54) is 22.8 Å². The Morgan fingerprint density at radius 1 is 1.14 bits per heavy atom. The first-order valence-electron chi connectivity index (χ1n) is 8.86. The molecule has 0 saturated carbocycles. The number of nitrogens with one attached hydrogen (secondary N) is 1. The summed E-state index contributed by atoms with van der Waals surface area (Å²) in [4.78, 5) is 26.0. The predicted octanol–water partition coefficient (Wildman–Crippen LogP) is 1.67. The zero-order valence-corrected chi connectivity index (χ0v) is 16.7. The molecule has 1 N–H and O–H groups in total. The normalized spacial score (nSPS) is 16.4. The quantitative estimate of drug-likeness (QED) is 0.756. The molecular weight excluding hydrogens is 415 g/mol. The van der Waals surface area contributed by atoms with Crippen molar-refractivity contribution in [3.63, 3.8) is 0 Å². The lowest BCUT2D eigenvalue weighted by molar-refractivity contribution is -0.139. The first-order valence-corrected chi connectivity index (χ1v) is 10.3. The maximum atomic E-state index is 13.1. The first-order chi connectivity index (χ1) is 13.5. The summed E-state index contributed by atoms with van der Waals surface area (Å²) >= 11 is 0. The number of ether oxygens (including phenoxy) is 1. The van der Waals surface area contributed by atoms with Crippen LogP contribution >= 0.6 is 0 Å². The zero-order chi connectivity index (χ0) is 21.8. The van der Waals surface area contributed by atoms with Crippen LogP contribution in [0.2, 0.25) is 0 Å². The van der Waals surface area contributed by atoms with E-state index in [2.05, 4.69) is 0 Å². The number of benzene rings is 1. The van der Waals surface area contributed by atoms with Gasteiger partial charge in [0.25, 0.3) is 0 Å². The number of carbonyl (C=O) groups excluding carboxylic acids is 2. The number of halogens is 3. The summed E-state index contributed by atoms with van der Waals surface area (Å²) < 4.78 is 71.1. The molecule has 162 valence electrons. The van der Waals surface area contributed by atoms with E-state index in [4.69, 9.17) is 4.74 Å². The predicted molar refractivity (Wildman–Crippen MR) is 96.4 cm³/mol. The molecule has 1 fully saturated rings. The SMILES string of the molecule is CCOC(=O)N1CCN(C(=O)C(C)NS(=O)(=O)c2ccccc2C(F)(F)F)CC1. The van der Waals surface area contributed by atoms with Gasteiger partial charge in [-0.3, -0.25) is 4.79 Å². The molecule has 8 nitrogen and oxygen atoms in total. The lowest BCUT2D eigenvalue weighted by atomic mass is 10.2. The van der Waals surface area contributed by atoms with Crippen molar-refractivity contribution >= 4 is 22.0 Å². The Hall–Kier alpha value is -2.34. The Labute approximate surface area is 166 Å². The average molecular weight is 437 g/mol. The van der Waals surface area contributed by atoms with Crippen molar-refractivity contribution in [1.82, 2.24) is 14.5 Å². The van der Waals surface area contributed by atoms with E-state index in [1.807, 2.05) is 4.72 Å². The summed E-state index contributed by atoms with van der Waals surface area (Å²) in [6.45, 7) is 3.88. The molecule has 0 bridgehead atoms. The second-order valence-electron chi connectivity index (χ2n) is 6.35. The van der Waals surface area contributed by atoms with Gasteiger partial charge in [0.15, 0.2) is 0 Å². The topological polar surface area (TPSA) is 96.0 Å². The second-order valence-corrected chi connectivity index (χ2v) is 8.03. The lowest BCUT2D eigenvalue weighted by Crippen LogP contribution is -2.55. The number of alkyl halides is 3. The third kappa shape index (κ3) is 5.60. The molecule has 1 unspecified atom stereocenters. The van der Waals surface area contributed by atoms with Gasteiger partial charge in [-0.2, -0.15) is 17.9 Å². The highest BCUT2D eigenvalue weighted by molar-refractivity contribution is 7.89. The van der Waals surface area contributed by atoms with Gasteiger partial charge in [0, 0.05) is 26.2 Å². The third-order valence-corrected chi connectivity index (χ3v) is 5.90. The number of hydrogen-bond acceptors (Lipinski definition) is 5. The van der Waals surface area contributed by atoms with Gasteiger partial charge in [0.1, 0.15) is 0 Å². The summed E-state index contributed by atoms with van der Waals surface area (Å²) in [6, 6.07) is 2.47. The van der Waals surface area contributed by atoms with E-state index in [1.54, 1.807) is 6.92 Å². The van der Waals surface area contributed by atoms with Crippen molar-refractivity contribution in [1.29, 1.82) is 0 Å². The van der Waals surface area contributed by atoms with E-state index in [0.29, 0.717) is 6.07 Å². The van der Waals surface area contributed by atoms with Crippen molar-refractivity contribution in [2.24, 2.45) is 0 Å². The smallest absolute Gasteiger partial charge is 0.417 e. The molecule has 1 aliphatic heterocycles. The zero-order valence-electron chi connectivity index (χ0n) is 15.9. The van der Waals surface area contributed by atoms with E-state index in [0.717, 1.165) is 12.1 Å². The van der Waals surface area contributed by atoms with Crippen LogP contribution in [-0.4, -0.2) is 69.0 Å². The lowest BCUT2D eigenvalue weighted by Gasteiger charge is -2.35. The van der Waals surface area contributed by atoms with Gasteiger partial charge in [-0.1, -0.05) is 12.1 Å². The number of sulfonamides is 1. The first kappa shape index (κ1) is 22.9. The van der Waals surface area contributed by atoms with E-state index in [9.17, 15) is 31.2 Å². The summed E-state index contributed by atoms with van der Waals surface area (Å²) in [5, 5.41) is 0. The maximum Gasteiger partial charge on any atom is 0.417 e. The molecule has 29 heavy (non-hydrogen) atoms. The fourth-order valence-electron chi connectivity index (χ4n) is 2.88. The van der Waals surface area contributed by atoms with E-state index in [-0.39, 0.29) is 32.8 Å². The minimum atomic E-state index is -4.86. The molecule has 1 saturated heterocycles. The molecule has 2 rings (SSSR count). The van der Waals surface area contributed by atoms with Crippen molar-refractivity contribution in [3.05, 3.63) is 29.8 Å². The molecule has 0 spiro atoms. The second kappa shape index (κ2) is 8.99. The maximum absolute atomic E-state index is 13.1. The fraction of sp³-hybridized carbons (Fsp3) is 0.529. The highest BCUT2D eigenvalue weighted by Gasteiger charge is 2.38. The van der Waals surface area contributed by atoms with Crippen LogP contribution in [-0.2, 0) is 25.7 Å². The van der Waals surface area contributed by atoms with Crippen LogP contribution in [0, 0.1) is 0 Å². The van der Waals surface area contributed by atoms with Crippen molar-refractivity contribution in [3.8, 4) is 0 Å². The highest BCUT2D eigenvalue weighted by atomic mass is 32.2. The molecule has 0 radical (unpaired) electrons. The minimum absolute atomic E-state index is 0.156.